The molecule has 0 heterocycles. The Morgan fingerprint density at radius 2 is 1.93 bits per heavy atom. The molecular formula is C10H11NO3. The smallest absolute Gasteiger partial charge is 0.269 e. The van der Waals surface area contributed by atoms with Gasteiger partial charge in [-0.15, -0.1) is 0 Å². The van der Waals surface area contributed by atoms with Crippen LogP contribution in [0, 0.1) is 10.1 Å². The summed E-state index contributed by atoms with van der Waals surface area (Å²) in [7, 11) is 0. The molecule has 1 aromatic rings. The van der Waals surface area contributed by atoms with Gasteiger partial charge in [-0.25, -0.2) is 0 Å². The van der Waals surface area contributed by atoms with Crippen LogP contribution in [-0.4, -0.2) is 16.6 Å². The zero-order chi connectivity index (χ0) is 10.4. The lowest BCUT2D eigenvalue weighted by Crippen LogP contribution is -1.88. The van der Waals surface area contributed by atoms with Gasteiger partial charge in [0.25, 0.3) is 5.69 Å². The number of hydrogen-bond acceptors (Lipinski definition) is 3. The second kappa shape index (κ2) is 5.14. The molecule has 0 unspecified atom stereocenters. The summed E-state index contributed by atoms with van der Waals surface area (Å²) in [4.78, 5) is 9.91. The molecule has 0 atom stereocenters. The molecule has 0 spiro atoms. The Hall–Kier alpha value is -1.68. The van der Waals surface area contributed by atoms with Gasteiger partial charge in [0.2, 0.25) is 0 Å². The highest BCUT2D eigenvalue weighted by atomic mass is 16.6. The van der Waals surface area contributed by atoms with Crippen molar-refractivity contribution in [3.63, 3.8) is 0 Å². The summed E-state index contributed by atoms with van der Waals surface area (Å²) in [6.45, 7) is 0.0208. The van der Waals surface area contributed by atoms with Crippen molar-refractivity contribution in [3.05, 3.63) is 52.1 Å². The number of aliphatic hydroxyl groups excluding tert-OH is 1. The van der Waals surface area contributed by atoms with Crippen LogP contribution in [0.5, 0.6) is 0 Å². The highest BCUT2D eigenvalue weighted by Gasteiger charge is 2.02. The van der Waals surface area contributed by atoms with Crippen LogP contribution >= 0.6 is 0 Å². The molecule has 0 saturated carbocycles. The molecule has 1 rings (SSSR count). The van der Waals surface area contributed by atoms with Crippen molar-refractivity contribution in [1.29, 1.82) is 0 Å². The van der Waals surface area contributed by atoms with Gasteiger partial charge in [-0.1, -0.05) is 24.3 Å². The number of nitrogens with zero attached hydrogens (tertiary/aromatic N) is 1. The topological polar surface area (TPSA) is 63.4 Å². The predicted octanol–water partition coefficient (Wildman–Crippen LogP) is 1.69. The monoisotopic (exact) mass is 193 g/mol. The third-order valence-corrected chi connectivity index (χ3v) is 1.77. The maximum Gasteiger partial charge on any atom is 0.269 e. The van der Waals surface area contributed by atoms with Crippen molar-refractivity contribution in [2.75, 3.05) is 6.61 Å². The average molecular weight is 193 g/mol. The molecule has 14 heavy (non-hydrogen) atoms. The van der Waals surface area contributed by atoms with E-state index in [0.29, 0.717) is 6.42 Å². The molecule has 1 aromatic carbocycles. The highest BCUT2D eigenvalue weighted by Crippen LogP contribution is 2.12. The molecule has 0 bridgehead atoms. The Morgan fingerprint density at radius 1 is 1.29 bits per heavy atom. The maximum absolute atomic E-state index is 10.3. The van der Waals surface area contributed by atoms with Crippen LogP contribution in [0.2, 0.25) is 0 Å². The number of allylic oxidation sites excluding steroid dienone is 1. The predicted molar refractivity (Wildman–Crippen MR) is 53.0 cm³/mol. The van der Waals surface area contributed by atoms with E-state index in [4.69, 9.17) is 5.11 Å². The van der Waals surface area contributed by atoms with Gasteiger partial charge in [0, 0.05) is 12.1 Å². The van der Waals surface area contributed by atoms with E-state index in [9.17, 15) is 10.1 Å². The molecule has 4 heteroatoms. The fourth-order valence-electron chi connectivity index (χ4n) is 1.05. The standard InChI is InChI=1S/C10H11NO3/c12-8-2-1-3-9-4-6-10(7-5-9)11(13)14/h1-2,4-7,12H,3,8H2. The molecular weight excluding hydrogens is 182 g/mol. The molecule has 74 valence electrons. The maximum atomic E-state index is 10.3. The minimum atomic E-state index is -0.423. The second-order valence-electron chi connectivity index (χ2n) is 2.78. The SMILES string of the molecule is O=[N+]([O-])c1ccc(CC=CCO)cc1. The molecule has 0 aromatic heterocycles. The van der Waals surface area contributed by atoms with Crippen LogP contribution in [0.3, 0.4) is 0 Å². The molecule has 1 N–H and O–H groups in total. The van der Waals surface area contributed by atoms with Gasteiger partial charge in [0.15, 0.2) is 0 Å². The zero-order valence-corrected chi connectivity index (χ0v) is 7.59. The molecule has 0 amide bonds. The summed E-state index contributed by atoms with van der Waals surface area (Å²) < 4.78 is 0. The van der Waals surface area contributed by atoms with E-state index in [1.54, 1.807) is 18.2 Å². The van der Waals surface area contributed by atoms with Gasteiger partial charge >= 0.3 is 0 Å². The Morgan fingerprint density at radius 3 is 2.43 bits per heavy atom. The van der Waals surface area contributed by atoms with Crippen molar-refractivity contribution in [1.82, 2.24) is 0 Å². The van der Waals surface area contributed by atoms with Crippen LogP contribution in [0.15, 0.2) is 36.4 Å². The lowest BCUT2D eigenvalue weighted by molar-refractivity contribution is -0.384. The summed E-state index contributed by atoms with van der Waals surface area (Å²) in [5.74, 6) is 0. The molecule has 0 saturated heterocycles. The van der Waals surface area contributed by atoms with E-state index in [1.165, 1.54) is 12.1 Å². The van der Waals surface area contributed by atoms with Crippen molar-refractivity contribution in [2.24, 2.45) is 0 Å². The Kier molecular flexibility index (Phi) is 3.82. The van der Waals surface area contributed by atoms with Crippen LogP contribution in [0.25, 0.3) is 0 Å². The van der Waals surface area contributed by atoms with Crippen molar-refractivity contribution >= 4 is 5.69 Å². The van der Waals surface area contributed by atoms with Crippen molar-refractivity contribution in [3.8, 4) is 0 Å². The van der Waals surface area contributed by atoms with Crippen LogP contribution in [0.1, 0.15) is 5.56 Å². The fraction of sp³-hybridized carbons (Fsp3) is 0.200. The summed E-state index contributed by atoms with van der Waals surface area (Å²) in [5, 5.41) is 18.8. The Labute approximate surface area is 81.6 Å². The van der Waals surface area contributed by atoms with Gasteiger partial charge in [0.05, 0.1) is 11.5 Å². The lowest BCUT2D eigenvalue weighted by Gasteiger charge is -1.95. The van der Waals surface area contributed by atoms with Crippen LogP contribution in [-0.2, 0) is 6.42 Å². The third kappa shape index (κ3) is 2.99. The van der Waals surface area contributed by atoms with E-state index in [0.717, 1.165) is 5.56 Å². The molecule has 4 nitrogen and oxygen atoms in total. The summed E-state index contributed by atoms with van der Waals surface area (Å²) in [6, 6.07) is 6.37. The minimum Gasteiger partial charge on any atom is -0.392 e. The van der Waals surface area contributed by atoms with Crippen LogP contribution in [0.4, 0.5) is 5.69 Å². The molecule has 0 radical (unpaired) electrons. The Bertz CT molecular complexity index is 330. The van der Waals surface area contributed by atoms with Gasteiger partial charge in [-0.3, -0.25) is 10.1 Å². The summed E-state index contributed by atoms with van der Waals surface area (Å²) in [5.41, 5.74) is 1.08. The fourth-order valence-corrected chi connectivity index (χ4v) is 1.05. The number of nitro benzene ring substituents is 1. The first-order chi connectivity index (χ1) is 6.74. The van der Waals surface area contributed by atoms with Crippen molar-refractivity contribution < 1.29 is 10.0 Å². The number of benzene rings is 1. The van der Waals surface area contributed by atoms with Crippen LogP contribution < -0.4 is 0 Å². The number of aliphatic hydroxyl groups is 1. The average Bonchev–Trinajstić information content (AvgIpc) is 2.19. The summed E-state index contributed by atoms with van der Waals surface area (Å²) >= 11 is 0. The van der Waals surface area contributed by atoms with Gasteiger partial charge < -0.3 is 5.11 Å². The van der Waals surface area contributed by atoms with E-state index in [1.807, 2.05) is 6.08 Å². The molecule has 0 aliphatic heterocycles. The summed E-state index contributed by atoms with van der Waals surface area (Å²) in [6.07, 6.45) is 4.14. The molecule has 0 aliphatic carbocycles. The lowest BCUT2D eigenvalue weighted by atomic mass is 10.1. The van der Waals surface area contributed by atoms with Gasteiger partial charge in [-0.2, -0.15) is 0 Å². The van der Waals surface area contributed by atoms with E-state index >= 15 is 0 Å². The first-order valence-corrected chi connectivity index (χ1v) is 4.23. The quantitative estimate of drug-likeness (QED) is 0.449. The minimum absolute atomic E-state index is 0.0208. The first kappa shape index (κ1) is 10.4. The van der Waals surface area contributed by atoms with E-state index < -0.39 is 4.92 Å². The molecule has 0 fully saturated rings. The number of rotatable bonds is 4. The van der Waals surface area contributed by atoms with E-state index in [2.05, 4.69) is 0 Å². The Balaban J connectivity index is 2.64. The zero-order valence-electron chi connectivity index (χ0n) is 7.59. The third-order valence-electron chi connectivity index (χ3n) is 1.77. The molecule has 0 aliphatic rings. The van der Waals surface area contributed by atoms with E-state index in [-0.39, 0.29) is 12.3 Å². The first-order valence-electron chi connectivity index (χ1n) is 4.23. The largest absolute Gasteiger partial charge is 0.392 e. The number of non-ortho nitro benzene ring substituents is 1. The second-order valence-corrected chi connectivity index (χ2v) is 2.78. The van der Waals surface area contributed by atoms with Gasteiger partial charge in [-0.05, 0) is 12.0 Å². The normalized spacial score (nSPS) is 10.6. The number of hydrogen-bond donors (Lipinski definition) is 1. The van der Waals surface area contributed by atoms with Gasteiger partial charge in [0.1, 0.15) is 0 Å². The number of nitro groups is 1. The highest BCUT2D eigenvalue weighted by molar-refractivity contribution is 5.33. The van der Waals surface area contributed by atoms with Crippen molar-refractivity contribution in [2.45, 2.75) is 6.42 Å².